The number of hydrogen-bond donors (Lipinski definition) is 0. The van der Waals surface area contributed by atoms with Crippen molar-refractivity contribution >= 4 is 38.9 Å². The highest BCUT2D eigenvalue weighted by atomic mass is 35.5. The minimum atomic E-state index is -3.00. The van der Waals surface area contributed by atoms with Crippen LogP contribution in [0.3, 0.4) is 0 Å². The largest absolute Gasteiger partial charge is 0.337 e. The summed E-state index contributed by atoms with van der Waals surface area (Å²) < 4.78 is 25.4. The van der Waals surface area contributed by atoms with E-state index in [0.717, 1.165) is 17.0 Å². The molecule has 0 saturated carbocycles. The molecule has 1 aliphatic rings. The van der Waals surface area contributed by atoms with Crippen LogP contribution in [0.2, 0.25) is 10.0 Å². The van der Waals surface area contributed by atoms with E-state index in [1.54, 1.807) is 34.8 Å². The summed E-state index contributed by atoms with van der Waals surface area (Å²) in [6.45, 7) is 4.14. The van der Waals surface area contributed by atoms with Crippen LogP contribution in [0.1, 0.15) is 39.8 Å². The highest BCUT2D eigenvalue weighted by Crippen LogP contribution is 2.27. The van der Waals surface area contributed by atoms with Gasteiger partial charge in [-0.1, -0.05) is 23.2 Å². The van der Waals surface area contributed by atoms with Crippen molar-refractivity contribution < 1.29 is 13.2 Å². The predicted octanol–water partition coefficient (Wildman–Crippen LogP) is 3.44. The molecular formula is C18H21Cl2N3O3S. The summed E-state index contributed by atoms with van der Waals surface area (Å²) >= 11 is 12.0. The van der Waals surface area contributed by atoms with E-state index in [0.29, 0.717) is 28.6 Å². The molecule has 1 fully saturated rings. The summed E-state index contributed by atoms with van der Waals surface area (Å²) in [6, 6.07) is 4.60. The van der Waals surface area contributed by atoms with Crippen LogP contribution in [0.5, 0.6) is 0 Å². The average molecular weight is 430 g/mol. The van der Waals surface area contributed by atoms with E-state index in [1.165, 1.54) is 0 Å². The first-order chi connectivity index (χ1) is 12.6. The molecule has 27 heavy (non-hydrogen) atoms. The fourth-order valence-electron chi connectivity index (χ4n) is 3.46. The molecule has 146 valence electrons. The second-order valence-corrected chi connectivity index (χ2v) is 10.1. The molecule has 1 aromatic heterocycles. The number of aromatic nitrogens is 2. The van der Waals surface area contributed by atoms with E-state index in [4.69, 9.17) is 23.2 Å². The number of carbonyl (C=O) groups excluding carboxylic acids is 1. The molecule has 9 heteroatoms. The molecule has 2 heterocycles. The van der Waals surface area contributed by atoms with Gasteiger partial charge >= 0.3 is 0 Å². The molecule has 0 unspecified atom stereocenters. The summed E-state index contributed by atoms with van der Waals surface area (Å²) in [4.78, 5) is 14.3. The van der Waals surface area contributed by atoms with Gasteiger partial charge in [0.2, 0.25) is 0 Å². The second-order valence-electron chi connectivity index (χ2n) is 6.97. The fourth-order valence-corrected chi connectivity index (χ4v) is 5.67. The predicted molar refractivity (Wildman–Crippen MR) is 106 cm³/mol. The van der Waals surface area contributed by atoms with Gasteiger partial charge in [-0.2, -0.15) is 5.10 Å². The number of rotatable bonds is 4. The first-order valence-corrected chi connectivity index (χ1v) is 11.1. The van der Waals surface area contributed by atoms with Crippen molar-refractivity contribution in [2.45, 2.75) is 32.9 Å². The second kappa shape index (κ2) is 7.45. The van der Waals surface area contributed by atoms with Crippen LogP contribution in [0, 0.1) is 13.8 Å². The van der Waals surface area contributed by atoms with Crippen molar-refractivity contribution in [1.29, 1.82) is 0 Å². The monoisotopic (exact) mass is 429 g/mol. The molecule has 3 rings (SSSR count). The smallest absolute Gasteiger partial charge is 0.254 e. The maximum Gasteiger partial charge on any atom is 0.254 e. The first kappa shape index (κ1) is 20.2. The Balaban J connectivity index is 1.82. The quantitative estimate of drug-likeness (QED) is 0.745. The lowest BCUT2D eigenvalue weighted by Crippen LogP contribution is -2.26. The Hall–Kier alpha value is -1.57. The molecule has 0 radical (unpaired) electrons. The third-order valence-corrected chi connectivity index (χ3v) is 7.07. The summed E-state index contributed by atoms with van der Waals surface area (Å²) in [7, 11) is -1.29. The number of aryl methyl sites for hydroxylation is 1. The van der Waals surface area contributed by atoms with E-state index in [-0.39, 0.29) is 23.5 Å². The summed E-state index contributed by atoms with van der Waals surface area (Å²) in [5.41, 5.74) is 3.02. The molecule has 1 amide bonds. The van der Waals surface area contributed by atoms with E-state index in [2.05, 4.69) is 5.10 Å². The summed E-state index contributed by atoms with van der Waals surface area (Å²) in [5.74, 6) is 0.109. The number of hydrogen-bond acceptors (Lipinski definition) is 4. The Morgan fingerprint density at radius 2 is 1.89 bits per heavy atom. The van der Waals surface area contributed by atoms with Crippen molar-refractivity contribution in [3.05, 3.63) is 50.8 Å². The Bertz CT molecular complexity index is 981. The third-order valence-electron chi connectivity index (χ3n) is 4.88. The van der Waals surface area contributed by atoms with Gasteiger partial charge in [0.05, 0.1) is 23.2 Å². The van der Waals surface area contributed by atoms with E-state index < -0.39 is 9.84 Å². The van der Waals surface area contributed by atoms with Crippen LogP contribution in [-0.2, 0) is 16.4 Å². The maximum absolute atomic E-state index is 12.7. The lowest BCUT2D eigenvalue weighted by Gasteiger charge is -2.18. The molecule has 1 saturated heterocycles. The van der Waals surface area contributed by atoms with Crippen molar-refractivity contribution in [3.63, 3.8) is 0 Å². The van der Waals surface area contributed by atoms with Crippen LogP contribution in [-0.4, -0.2) is 47.6 Å². The van der Waals surface area contributed by atoms with Crippen molar-refractivity contribution in [2.75, 3.05) is 18.6 Å². The number of nitrogens with zero attached hydrogens (tertiary/aromatic N) is 3. The minimum absolute atomic E-state index is 0.115. The Morgan fingerprint density at radius 1 is 1.26 bits per heavy atom. The minimum Gasteiger partial charge on any atom is -0.337 e. The number of sulfone groups is 1. The third kappa shape index (κ3) is 4.31. The Morgan fingerprint density at radius 3 is 2.44 bits per heavy atom. The summed E-state index contributed by atoms with van der Waals surface area (Å²) in [6.07, 6.45) is 0.569. The molecule has 6 nitrogen and oxygen atoms in total. The van der Waals surface area contributed by atoms with E-state index >= 15 is 0 Å². The van der Waals surface area contributed by atoms with Gasteiger partial charge in [0.1, 0.15) is 0 Å². The number of benzene rings is 1. The molecule has 1 atom stereocenters. The molecule has 0 bridgehead atoms. The number of carbonyl (C=O) groups is 1. The number of amides is 1. The zero-order valence-electron chi connectivity index (χ0n) is 15.4. The molecule has 0 aliphatic carbocycles. The van der Waals surface area contributed by atoms with Crippen LogP contribution in [0.25, 0.3) is 0 Å². The van der Waals surface area contributed by atoms with Gasteiger partial charge in [-0.3, -0.25) is 9.48 Å². The van der Waals surface area contributed by atoms with Gasteiger partial charge in [0.25, 0.3) is 5.91 Å². The molecule has 2 aromatic rings. The van der Waals surface area contributed by atoms with Gasteiger partial charge in [-0.05, 0) is 38.5 Å². The fraction of sp³-hybridized carbons (Fsp3) is 0.444. The molecule has 0 spiro atoms. The average Bonchev–Trinajstić information content (AvgIpc) is 3.06. The Kier molecular flexibility index (Phi) is 5.57. The lowest BCUT2D eigenvalue weighted by molar-refractivity contribution is 0.0784. The van der Waals surface area contributed by atoms with Crippen molar-refractivity contribution in [3.8, 4) is 0 Å². The number of halogens is 2. The SMILES string of the molecule is Cc1nn([C@H]2CCS(=O)(=O)C2)c(C)c1CN(C)C(=O)c1cc(Cl)cc(Cl)c1. The van der Waals surface area contributed by atoms with Gasteiger partial charge in [0, 0.05) is 40.5 Å². The van der Waals surface area contributed by atoms with Gasteiger partial charge in [-0.25, -0.2) is 8.42 Å². The molecule has 1 aliphatic heterocycles. The topological polar surface area (TPSA) is 72.3 Å². The van der Waals surface area contributed by atoms with E-state index in [9.17, 15) is 13.2 Å². The highest BCUT2D eigenvalue weighted by Gasteiger charge is 2.31. The Labute approximate surface area is 169 Å². The zero-order valence-corrected chi connectivity index (χ0v) is 17.7. The molecular weight excluding hydrogens is 409 g/mol. The van der Waals surface area contributed by atoms with Crippen LogP contribution >= 0.6 is 23.2 Å². The van der Waals surface area contributed by atoms with Gasteiger partial charge < -0.3 is 4.90 Å². The highest BCUT2D eigenvalue weighted by molar-refractivity contribution is 7.91. The zero-order chi connectivity index (χ0) is 19.9. The van der Waals surface area contributed by atoms with Gasteiger partial charge in [0.15, 0.2) is 9.84 Å². The first-order valence-electron chi connectivity index (χ1n) is 8.54. The molecule has 1 aromatic carbocycles. The van der Waals surface area contributed by atoms with Gasteiger partial charge in [-0.15, -0.1) is 0 Å². The maximum atomic E-state index is 12.7. The normalized spacial score (nSPS) is 18.6. The standard InChI is InChI=1S/C18H21Cl2N3O3S/c1-11-17(12(2)23(21-11)16-4-5-27(25,26)10-16)9-22(3)18(24)13-6-14(19)8-15(20)7-13/h6-8,16H,4-5,9-10H2,1-3H3/t16-/m0/s1. The van der Waals surface area contributed by atoms with Crippen LogP contribution in [0.4, 0.5) is 0 Å². The lowest BCUT2D eigenvalue weighted by atomic mass is 10.1. The van der Waals surface area contributed by atoms with Crippen molar-refractivity contribution in [1.82, 2.24) is 14.7 Å². The molecule has 0 N–H and O–H groups in total. The summed E-state index contributed by atoms with van der Waals surface area (Å²) in [5, 5.41) is 5.35. The van der Waals surface area contributed by atoms with Crippen molar-refractivity contribution in [2.24, 2.45) is 0 Å². The van der Waals surface area contributed by atoms with E-state index in [1.807, 2.05) is 13.8 Å². The van der Waals surface area contributed by atoms with Crippen LogP contribution in [0.15, 0.2) is 18.2 Å². The van der Waals surface area contributed by atoms with Crippen LogP contribution < -0.4 is 0 Å².